The normalized spacial score (nSPS) is 15.2. The second-order valence-corrected chi connectivity index (χ2v) is 9.50. The fraction of sp³-hybridized carbons (Fsp3) is 0.381. The number of carbonyl (C=O) groups is 1. The van der Waals surface area contributed by atoms with Gasteiger partial charge < -0.3 is 10.1 Å². The van der Waals surface area contributed by atoms with Crippen molar-refractivity contribution < 1.29 is 17.9 Å². The number of pyridine rings is 2. The largest absolute Gasteiger partial charge is 0.489 e. The molecule has 1 fully saturated rings. The Bertz CT molecular complexity index is 1170. The summed E-state index contributed by atoms with van der Waals surface area (Å²) in [6, 6.07) is 8.56. The van der Waals surface area contributed by atoms with E-state index in [1.165, 1.54) is 23.7 Å². The molecule has 0 unspecified atom stereocenters. The summed E-state index contributed by atoms with van der Waals surface area (Å²) >= 11 is 0. The number of amides is 1. The third kappa shape index (κ3) is 4.30. The van der Waals surface area contributed by atoms with Crippen LogP contribution in [0.15, 0.2) is 47.9 Å². The predicted octanol–water partition coefficient (Wildman–Crippen LogP) is 3.34. The zero-order chi connectivity index (χ0) is 21.1. The van der Waals surface area contributed by atoms with E-state index in [1.54, 1.807) is 42.7 Å². The molecule has 30 heavy (non-hydrogen) atoms. The van der Waals surface area contributed by atoms with Crippen LogP contribution in [0.4, 0.5) is 5.82 Å². The molecule has 9 heteroatoms. The monoisotopic (exact) mass is 428 g/mol. The molecule has 0 spiro atoms. The summed E-state index contributed by atoms with van der Waals surface area (Å²) in [6.45, 7) is 0.584. The Labute approximate surface area is 175 Å². The summed E-state index contributed by atoms with van der Waals surface area (Å²) in [6.07, 6.45) is 10.2. The maximum atomic E-state index is 12.9. The van der Waals surface area contributed by atoms with Crippen molar-refractivity contribution in [2.75, 3.05) is 18.2 Å². The molecule has 1 aliphatic carbocycles. The van der Waals surface area contributed by atoms with E-state index in [9.17, 15) is 13.2 Å². The fourth-order valence-electron chi connectivity index (χ4n) is 3.77. The summed E-state index contributed by atoms with van der Waals surface area (Å²) in [7, 11) is -3.61. The Morgan fingerprint density at radius 1 is 1.20 bits per heavy atom. The van der Waals surface area contributed by atoms with Gasteiger partial charge in [-0.2, -0.15) is 0 Å². The van der Waals surface area contributed by atoms with E-state index in [2.05, 4.69) is 15.3 Å². The van der Waals surface area contributed by atoms with Crippen molar-refractivity contribution in [1.82, 2.24) is 14.4 Å². The molecule has 4 rings (SSSR count). The van der Waals surface area contributed by atoms with E-state index in [0.29, 0.717) is 23.8 Å². The standard InChI is InChI=1S/C21H24N4O4S/c1-30(27,28)21-23-18(16-10-5-6-13-25(16)21)20(26)24-19-17(11-7-12-22-19)29-14-15-8-3-2-4-9-15/h5-7,10-13,15H,2-4,8-9,14H2,1H3,(H,22,24,26). The SMILES string of the molecule is CS(=O)(=O)c1nc(C(=O)Nc2ncccc2OCC2CCCCC2)c2ccccn12. The lowest BCUT2D eigenvalue weighted by Gasteiger charge is -2.22. The highest BCUT2D eigenvalue weighted by molar-refractivity contribution is 7.90. The second-order valence-electron chi connectivity index (χ2n) is 7.59. The van der Waals surface area contributed by atoms with E-state index >= 15 is 0 Å². The summed E-state index contributed by atoms with van der Waals surface area (Å²) < 4.78 is 31.5. The molecule has 0 radical (unpaired) electrons. The van der Waals surface area contributed by atoms with E-state index in [0.717, 1.165) is 19.1 Å². The molecular weight excluding hydrogens is 404 g/mol. The van der Waals surface area contributed by atoms with E-state index < -0.39 is 15.7 Å². The smallest absolute Gasteiger partial charge is 0.277 e. The molecule has 8 nitrogen and oxygen atoms in total. The van der Waals surface area contributed by atoms with E-state index in [1.807, 2.05) is 0 Å². The first-order chi connectivity index (χ1) is 14.4. The lowest BCUT2D eigenvalue weighted by molar-refractivity contribution is 0.102. The highest BCUT2D eigenvalue weighted by atomic mass is 32.2. The quantitative estimate of drug-likeness (QED) is 0.646. The van der Waals surface area contributed by atoms with Crippen LogP contribution in [0.3, 0.4) is 0 Å². The molecule has 0 saturated heterocycles. The van der Waals surface area contributed by atoms with Gasteiger partial charge in [0.05, 0.1) is 12.1 Å². The second kappa shape index (κ2) is 8.43. The van der Waals surface area contributed by atoms with Gasteiger partial charge in [0.15, 0.2) is 17.3 Å². The minimum atomic E-state index is -3.61. The maximum Gasteiger partial charge on any atom is 0.277 e. The number of sulfone groups is 1. The first-order valence-electron chi connectivity index (χ1n) is 10.00. The molecule has 3 heterocycles. The van der Waals surface area contributed by atoms with Crippen molar-refractivity contribution >= 4 is 27.1 Å². The third-order valence-electron chi connectivity index (χ3n) is 5.26. The number of hydrogen-bond acceptors (Lipinski definition) is 6. The number of hydrogen-bond donors (Lipinski definition) is 1. The Kier molecular flexibility index (Phi) is 5.72. The van der Waals surface area contributed by atoms with Gasteiger partial charge in [-0.3, -0.25) is 9.20 Å². The van der Waals surface area contributed by atoms with Gasteiger partial charge in [-0.25, -0.2) is 18.4 Å². The number of anilines is 1. The number of rotatable bonds is 6. The lowest BCUT2D eigenvalue weighted by Crippen LogP contribution is -2.18. The molecular formula is C21H24N4O4S. The molecule has 0 bridgehead atoms. The number of carbonyl (C=O) groups excluding carboxylic acids is 1. The number of fused-ring (bicyclic) bond motifs is 1. The van der Waals surface area contributed by atoms with Gasteiger partial charge in [-0.1, -0.05) is 25.3 Å². The maximum absolute atomic E-state index is 12.9. The van der Waals surface area contributed by atoms with Crippen molar-refractivity contribution in [1.29, 1.82) is 0 Å². The zero-order valence-corrected chi connectivity index (χ0v) is 17.6. The minimum absolute atomic E-state index is 0.0138. The molecule has 1 aliphatic rings. The van der Waals surface area contributed by atoms with Crippen molar-refractivity contribution in [3.8, 4) is 5.75 Å². The van der Waals surface area contributed by atoms with E-state index in [4.69, 9.17) is 4.74 Å². The van der Waals surface area contributed by atoms with Crippen LogP contribution in [-0.2, 0) is 9.84 Å². The molecule has 1 saturated carbocycles. The third-order valence-corrected chi connectivity index (χ3v) is 6.22. The van der Waals surface area contributed by atoms with Gasteiger partial charge in [0, 0.05) is 18.6 Å². The Morgan fingerprint density at radius 2 is 2.00 bits per heavy atom. The highest BCUT2D eigenvalue weighted by Gasteiger charge is 2.24. The van der Waals surface area contributed by atoms with Gasteiger partial charge in [0.2, 0.25) is 15.0 Å². The topological polar surface area (TPSA) is 103 Å². The van der Waals surface area contributed by atoms with Gasteiger partial charge >= 0.3 is 0 Å². The van der Waals surface area contributed by atoms with Crippen LogP contribution in [0, 0.1) is 5.92 Å². The first-order valence-corrected chi connectivity index (χ1v) is 11.9. The average molecular weight is 429 g/mol. The van der Waals surface area contributed by atoms with Crippen LogP contribution >= 0.6 is 0 Å². The average Bonchev–Trinajstić information content (AvgIpc) is 3.14. The zero-order valence-electron chi connectivity index (χ0n) is 16.7. The number of ether oxygens (including phenoxy) is 1. The molecule has 0 aliphatic heterocycles. The number of aromatic nitrogens is 3. The molecule has 1 amide bonds. The molecule has 0 aromatic carbocycles. The highest BCUT2D eigenvalue weighted by Crippen LogP contribution is 2.27. The lowest BCUT2D eigenvalue weighted by atomic mass is 9.90. The van der Waals surface area contributed by atoms with Gasteiger partial charge in [-0.15, -0.1) is 0 Å². The summed E-state index contributed by atoms with van der Waals surface area (Å²) in [5.74, 6) is 0.742. The van der Waals surface area contributed by atoms with Crippen LogP contribution in [0.2, 0.25) is 0 Å². The number of imidazole rings is 1. The fourth-order valence-corrected chi connectivity index (χ4v) is 4.54. The predicted molar refractivity (Wildman–Crippen MR) is 113 cm³/mol. The molecule has 0 atom stereocenters. The van der Waals surface area contributed by atoms with Crippen LogP contribution in [-0.4, -0.2) is 41.6 Å². The number of nitrogens with one attached hydrogen (secondary N) is 1. The van der Waals surface area contributed by atoms with Crippen molar-refractivity contribution in [2.24, 2.45) is 5.92 Å². The van der Waals surface area contributed by atoms with Crippen LogP contribution in [0.1, 0.15) is 42.6 Å². The Balaban J connectivity index is 1.58. The van der Waals surface area contributed by atoms with Gasteiger partial charge in [0.25, 0.3) is 5.91 Å². The van der Waals surface area contributed by atoms with Crippen molar-refractivity contribution in [2.45, 2.75) is 37.3 Å². The molecule has 3 aromatic rings. The molecule has 158 valence electrons. The molecule has 3 aromatic heterocycles. The van der Waals surface area contributed by atoms with Gasteiger partial charge in [0.1, 0.15) is 0 Å². The van der Waals surface area contributed by atoms with Crippen molar-refractivity contribution in [3.63, 3.8) is 0 Å². The summed E-state index contributed by atoms with van der Waals surface area (Å²) in [5, 5.41) is 2.54. The minimum Gasteiger partial charge on any atom is -0.489 e. The van der Waals surface area contributed by atoms with Gasteiger partial charge in [-0.05, 0) is 43.0 Å². The van der Waals surface area contributed by atoms with Crippen LogP contribution in [0.25, 0.3) is 5.52 Å². The molecule has 1 N–H and O–H groups in total. The van der Waals surface area contributed by atoms with Crippen molar-refractivity contribution in [3.05, 3.63) is 48.4 Å². The van der Waals surface area contributed by atoms with Crippen LogP contribution < -0.4 is 10.1 Å². The Morgan fingerprint density at radius 3 is 2.77 bits per heavy atom. The van der Waals surface area contributed by atoms with Crippen LogP contribution in [0.5, 0.6) is 5.75 Å². The summed E-state index contributed by atoms with van der Waals surface area (Å²) in [4.78, 5) is 21.3. The Hall–Kier alpha value is -2.94. The van der Waals surface area contributed by atoms with E-state index in [-0.39, 0.29) is 16.7 Å². The first kappa shape index (κ1) is 20.3. The number of nitrogens with zero attached hydrogens (tertiary/aromatic N) is 3. The summed E-state index contributed by atoms with van der Waals surface area (Å²) in [5.41, 5.74) is 0.413.